The maximum absolute atomic E-state index is 13.2. The van der Waals surface area contributed by atoms with Crippen LogP contribution in [0.15, 0.2) is 59.3 Å². The van der Waals surface area contributed by atoms with E-state index in [1.165, 1.54) is 6.08 Å². The fourth-order valence-corrected chi connectivity index (χ4v) is 4.13. The number of amides is 1. The minimum Gasteiger partial charge on any atom is -0.374 e. The van der Waals surface area contributed by atoms with Gasteiger partial charge in [-0.1, -0.05) is 48.3 Å². The number of aromatic nitrogens is 1. The lowest BCUT2D eigenvalue weighted by molar-refractivity contribution is -0.112. The number of hydrogen-bond acceptors (Lipinski definition) is 5. The number of nitrogens with one attached hydrogen (secondary N) is 2. The molecule has 0 bridgehead atoms. The van der Waals surface area contributed by atoms with Crippen LogP contribution in [0.3, 0.4) is 0 Å². The lowest BCUT2D eigenvalue weighted by atomic mass is 9.93. The molecule has 0 aliphatic carbocycles. The van der Waals surface area contributed by atoms with Crippen molar-refractivity contribution in [2.24, 2.45) is 4.99 Å². The van der Waals surface area contributed by atoms with Gasteiger partial charge in [0.2, 0.25) is 0 Å². The Balaban J connectivity index is 1.87. The summed E-state index contributed by atoms with van der Waals surface area (Å²) in [5.41, 5.74) is 3.05. The first-order valence-corrected chi connectivity index (χ1v) is 11.1. The molecule has 2 heterocycles. The highest BCUT2D eigenvalue weighted by Gasteiger charge is 2.27. The van der Waals surface area contributed by atoms with Crippen molar-refractivity contribution in [1.82, 2.24) is 10.3 Å². The van der Waals surface area contributed by atoms with E-state index in [9.17, 15) is 9.90 Å². The summed E-state index contributed by atoms with van der Waals surface area (Å²) in [4.78, 5) is 21.9. The fourth-order valence-electron chi connectivity index (χ4n) is 3.43. The van der Waals surface area contributed by atoms with E-state index in [0.29, 0.717) is 56.7 Å². The van der Waals surface area contributed by atoms with Gasteiger partial charge in [-0.25, -0.2) is 0 Å². The highest BCUT2D eigenvalue weighted by atomic mass is 35.5. The first-order chi connectivity index (χ1) is 15.2. The Morgan fingerprint density at radius 1 is 1.31 bits per heavy atom. The molecular formula is C23H23Cl3N4O2. The summed E-state index contributed by atoms with van der Waals surface area (Å²) < 4.78 is 0. The van der Waals surface area contributed by atoms with Crippen molar-refractivity contribution in [3.05, 3.63) is 81.1 Å². The van der Waals surface area contributed by atoms with E-state index in [-0.39, 0.29) is 5.17 Å². The maximum atomic E-state index is 13.2. The summed E-state index contributed by atoms with van der Waals surface area (Å²) in [5.74, 6) is -0.421. The summed E-state index contributed by atoms with van der Waals surface area (Å²) in [6, 6.07) is 6.32. The molecule has 9 heteroatoms. The van der Waals surface area contributed by atoms with Gasteiger partial charge in [-0.15, -0.1) is 0 Å². The topological polar surface area (TPSA) is 86.6 Å². The molecule has 2 unspecified atom stereocenters. The number of carbonyl (C=O) groups is 1. The Morgan fingerprint density at radius 2 is 2.06 bits per heavy atom. The predicted molar refractivity (Wildman–Crippen MR) is 131 cm³/mol. The smallest absolute Gasteiger partial charge is 0.256 e. The van der Waals surface area contributed by atoms with E-state index in [1.54, 1.807) is 37.4 Å². The largest absolute Gasteiger partial charge is 0.374 e. The van der Waals surface area contributed by atoms with Crippen molar-refractivity contribution >= 4 is 51.6 Å². The molecule has 1 aromatic carbocycles. The van der Waals surface area contributed by atoms with Crippen molar-refractivity contribution in [2.45, 2.75) is 32.5 Å². The zero-order valence-electron chi connectivity index (χ0n) is 17.6. The van der Waals surface area contributed by atoms with Gasteiger partial charge in [0.05, 0.1) is 22.4 Å². The van der Waals surface area contributed by atoms with Crippen LogP contribution in [0.1, 0.15) is 30.0 Å². The summed E-state index contributed by atoms with van der Waals surface area (Å²) in [6.45, 7) is 8.27. The molecular weight excluding hydrogens is 471 g/mol. The third-order valence-corrected chi connectivity index (χ3v) is 5.79. The van der Waals surface area contributed by atoms with Crippen LogP contribution in [0.5, 0.6) is 0 Å². The average molecular weight is 494 g/mol. The maximum Gasteiger partial charge on any atom is 0.256 e. The van der Waals surface area contributed by atoms with Crippen LogP contribution in [-0.4, -0.2) is 33.8 Å². The molecule has 168 valence electrons. The van der Waals surface area contributed by atoms with E-state index < -0.39 is 18.2 Å². The number of hydrogen-bond donors (Lipinski definition) is 3. The second-order valence-electron chi connectivity index (χ2n) is 7.29. The number of nitrogens with zero attached hydrogens (tertiary/aromatic N) is 2. The van der Waals surface area contributed by atoms with Gasteiger partial charge in [0.25, 0.3) is 5.91 Å². The number of aliphatic imine (C=N–C) groups is 1. The summed E-state index contributed by atoms with van der Waals surface area (Å²) in [7, 11) is 0. The number of benzene rings is 1. The minimum atomic E-state index is -1.000. The standard InChI is InChI=1S/C23H23Cl3N4O2/c1-4-27-22(31)16-9-14(24)8-12(2)21(16)30-23(32)15-10-20(26)29-18(13(15)3)11-19-17(25)6-5-7-28-19/h5-10,18,22,27,31H,3-4,11H2,1-2H3,(H,30,32). The third kappa shape index (κ3) is 5.57. The molecule has 0 fully saturated rings. The van der Waals surface area contributed by atoms with Crippen LogP contribution >= 0.6 is 34.8 Å². The monoisotopic (exact) mass is 492 g/mol. The molecule has 3 N–H and O–H groups in total. The van der Waals surface area contributed by atoms with E-state index in [0.717, 1.165) is 0 Å². The Labute approximate surface area is 202 Å². The van der Waals surface area contributed by atoms with Gasteiger partial charge in [-0.05, 0) is 54.9 Å². The number of halogens is 3. The average Bonchev–Trinajstić information content (AvgIpc) is 2.73. The Hall–Kier alpha value is -2.22. The molecule has 3 rings (SSSR count). The molecule has 1 aromatic heterocycles. The van der Waals surface area contributed by atoms with E-state index in [2.05, 4.69) is 27.2 Å². The van der Waals surface area contributed by atoms with Gasteiger partial charge >= 0.3 is 0 Å². The summed E-state index contributed by atoms with van der Waals surface area (Å²) >= 11 is 18.6. The molecule has 6 nitrogen and oxygen atoms in total. The SMILES string of the molecule is C=C1C(C(=O)Nc2c(C)cc(Cl)cc2C(O)NCC)=CC(Cl)=NC1Cc1ncccc1Cl. The molecule has 32 heavy (non-hydrogen) atoms. The van der Waals surface area contributed by atoms with E-state index in [1.807, 2.05) is 6.92 Å². The lowest BCUT2D eigenvalue weighted by Crippen LogP contribution is -2.27. The molecule has 1 aliphatic heterocycles. The van der Waals surface area contributed by atoms with E-state index >= 15 is 0 Å². The van der Waals surface area contributed by atoms with Crippen molar-refractivity contribution in [1.29, 1.82) is 0 Å². The van der Waals surface area contributed by atoms with E-state index in [4.69, 9.17) is 34.8 Å². The first kappa shape index (κ1) is 24.4. The zero-order chi connectivity index (χ0) is 23.4. The number of dihydropyridines is 1. The van der Waals surface area contributed by atoms with Crippen LogP contribution < -0.4 is 10.6 Å². The van der Waals surface area contributed by atoms with Crippen LogP contribution in [-0.2, 0) is 11.2 Å². The number of pyridine rings is 1. The van der Waals surface area contributed by atoms with Crippen molar-refractivity contribution < 1.29 is 9.90 Å². The Kier molecular flexibility index (Phi) is 8.09. The molecule has 1 aliphatic rings. The van der Waals surface area contributed by atoms with Crippen molar-refractivity contribution in [3.63, 3.8) is 0 Å². The van der Waals surface area contributed by atoms with Gasteiger partial charge in [-0.2, -0.15) is 0 Å². The molecule has 0 saturated carbocycles. The highest BCUT2D eigenvalue weighted by molar-refractivity contribution is 6.69. The molecule has 2 atom stereocenters. The van der Waals surface area contributed by atoms with Gasteiger partial charge in [0, 0.05) is 28.8 Å². The number of aliphatic hydroxyl groups is 1. The number of aryl methyl sites for hydroxylation is 1. The number of aliphatic hydroxyl groups excluding tert-OH is 1. The highest BCUT2D eigenvalue weighted by Crippen LogP contribution is 2.32. The zero-order valence-corrected chi connectivity index (χ0v) is 19.9. The van der Waals surface area contributed by atoms with Crippen molar-refractivity contribution in [2.75, 3.05) is 11.9 Å². The van der Waals surface area contributed by atoms with Gasteiger partial charge in [0.1, 0.15) is 11.4 Å². The van der Waals surface area contributed by atoms with Crippen LogP contribution in [0.4, 0.5) is 5.69 Å². The van der Waals surface area contributed by atoms with Crippen LogP contribution in [0.25, 0.3) is 0 Å². The molecule has 1 amide bonds. The van der Waals surface area contributed by atoms with Gasteiger partial charge in [0.15, 0.2) is 0 Å². The number of anilines is 1. The fraction of sp³-hybridized carbons (Fsp3) is 0.261. The second kappa shape index (κ2) is 10.6. The number of carbonyl (C=O) groups excluding carboxylic acids is 1. The number of rotatable bonds is 7. The lowest BCUT2D eigenvalue weighted by Gasteiger charge is -2.24. The Bertz CT molecular complexity index is 1110. The van der Waals surface area contributed by atoms with Crippen LogP contribution in [0, 0.1) is 6.92 Å². The molecule has 0 radical (unpaired) electrons. The third-order valence-electron chi connectivity index (χ3n) is 5.02. The second-order valence-corrected chi connectivity index (χ2v) is 8.52. The van der Waals surface area contributed by atoms with Crippen molar-refractivity contribution in [3.8, 4) is 0 Å². The normalized spacial score (nSPS) is 16.9. The molecule has 0 spiro atoms. The van der Waals surface area contributed by atoms with Gasteiger partial charge < -0.3 is 10.4 Å². The first-order valence-electron chi connectivity index (χ1n) is 9.97. The minimum absolute atomic E-state index is 0.181. The van der Waals surface area contributed by atoms with Gasteiger partial charge in [-0.3, -0.25) is 20.1 Å². The summed E-state index contributed by atoms with van der Waals surface area (Å²) in [6.07, 6.45) is 2.47. The predicted octanol–water partition coefficient (Wildman–Crippen LogP) is 4.98. The van der Waals surface area contributed by atoms with Crippen LogP contribution in [0.2, 0.25) is 10.0 Å². The summed E-state index contributed by atoms with van der Waals surface area (Å²) in [5, 5.41) is 17.4. The Morgan fingerprint density at radius 3 is 2.75 bits per heavy atom. The molecule has 0 saturated heterocycles. The molecule has 2 aromatic rings. The number of allylic oxidation sites excluding steroid dienone is 1. The quantitative estimate of drug-likeness (QED) is 0.475.